The Morgan fingerprint density at radius 3 is 2.00 bits per heavy atom. The summed E-state index contributed by atoms with van der Waals surface area (Å²) < 4.78 is 0. The quantitative estimate of drug-likeness (QED) is 0.405. The molecule has 7 heteroatoms. The van der Waals surface area contributed by atoms with Gasteiger partial charge in [-0.2, -0.15) is 0 Å². The van der Waals surface area contributed by atoms with Crippen molar-refractivity contribution in [3.05, 3.63) is 29.8 Å². The van der Waals surface area contributed by atoms with E-state index in [0.29, 0.717) is 11.8 Å². The second-order valence-corrected chi connectivity index (χ2v) is 4.07. The van der Waals surface area contributed by atoms with Crippen LogP contribution in [0.1, 0.15) is 10.4 Å². The average molecular weight is 253 g/mol. The number of carbonyl (C=O) groups is 3. The molecule has 0 aliphatic carbocycles. The number of thioether (sulfide) groups is 1. The van der Waals surface area contributed by atoms with E-state index >= 15 is 0 Å². The van der Waals surface area contributed by atoms with E-state index in [1.54, 1.807) is 0 Å². The van der Waals surface area contributed by atoms with E-state index in [-0.39, 0.29) is 10.5 Å². The second-order valence-electron chi connectivity index (χ2n) is 2.92. The minimum absolute atomic E-state index is 0.0362. The van der Waals surface area contributed by atoms with Crippen LogP contribution in [0.15, 0.2) is 29.2 Å². The van der Waals surface area contributed by atoms with E-state index in [1.807, 2.05) is 0 Å². The molecule has 0 heterocycles. The topological polar surface area (TPSA) is 120 Å². The summed E-state index contributed by atoms with van der Waals surface area (Å²) in [5.74, 6) is -5.24. The second kappa shape index (κ2) is 5.35. The average Bonchev–Trinajstić information content (AvgIpc) is 2.25. The van der Waals surface area contributed by atoms with Gasteiger partial charge in [-0.15, -0.1) is 11.8 Å². The van der Waals surface area contributed by atoms with Crippen molar-refractivity contribution < 1.29 is 29.7 Å². The zero-order valence-electron chi connectivity index (χ0n) is 8.24. The van der Waals surface area contributed by atoms with Gasteiger partial charge in [0.1, 0.15) is 0 Å². The van der Waals surface area contributed by atoms with Gasteiger partial charge in [0.05, 0.1) is 23.2 Å². The SMILES string of the molecule is O=C([O-])c1ccccc1SC(C(=O)[O-])C(=O)[O-]. The van der Waals surface area contributed by atoms with Crippen molar-refractivity contribution in [1.82, 2.24) is 0 Å². The van der Waals surface area contributed by atoms with Crippen LogP contribution in [0.4, 0.5) is 0 Å². The van der Waals surface area contributed by atoms with Gasteiger partial charge in [0, 0.05) is 10.5 Å². The predicted molar refractivity (Wildman–Crippen MR) is 50.4 cm³/mol. The zero-order chi connectivity index (χ0) is 13.0. The summed E-state index contributed by atoms with van der Waals surface area (Å²) in [5, 5.41) is 29.7. The summed E-state index contributed by atoms with van der Waals surface area (Å²) in [6, 6.07) is 5.30. The number of hydrogen-bond donors (Lipinski definition) is 0. The molecule has 0 aliphatic heterocycles. The van der Waals surface area contributed by atoms with Gasteiger partial charge in [0.2, 0.25) is 0 Å². The van der Waals surface area contributed by atoms with Gasteiger partial charge >= 0.3 is 0 Å². The van der Waals surface area contributed by atoms with Crippen LogP contribution >= 0.6 is 11.8 Å². The molecule has 0 fully saturated rings. The first kappa shape index (κ1) is 13.0. The Bertz CT molecular complexity index is 456. The number of carbonyl (C=O) groups excluding carboxylic acids is 3. The van der Waals surface area contributed by atoms with Crippen LogP contribution in [0, 0.1) is 0 Å². The van der Waals surface area contributed by atoms with Crippen molar-refractivity contribution >= 4 is 29.7 Å². The Kier molecular flexibility index (Phi) is 4.11. The van der Waals surface area contributed by atoms with E-state index < -0.39 is 23.2 Å². The Morgan fingerprint density at radius 2 is 1.53 bits per heavy atom. The summed E-state index contributed by atoms with van der Waals surface area (Å²) in [6.45, 7) is 0. The highest BCUT2D eigenvalue weighted by Gasteiger charge is 2.15. The molecule has 0 N–H and O–H groups in total. The minimum Gasteiger partial charge on any atom is -0.549 e. The van der Waals surface area contributed by atoms with Crippen LogP contribution in [-0.4, -0.2) is 23.2 Å². The summed E-state index contributed by atoms with van der Waals surface area (Å²) in [4.78, 5) is 31.7. The molecular weight excluding hydrogens is 248 g/mol. The first-order valence-electron chi connectivity index (χ1n) is 4.32. The zero-order valence-corrected chi connectivity index (χ0v) is 9.06. The molecule has 0 bridgehead atoms. The number of aromatic carboxylic acids is 1. The lowest BCUT2D eigenvalue weighted by Crippen LogP contribution is -2.45. The molecule has 0 unspecified atom stereocenters. The third-order valence-corrected chi connectivity index (χ3v) is 3.01. The highest BCUT2D eigenvalue weighted by Crippen LogP contribution is 2.26. The van der Waals surface area contributed by atoms with Gasteiger partial charge < -0.3 is 29.7 Å². The largest absolute Gasteiger partial charge is 0.549 e. The molecule has 0 amide bonds. The molecule has 0 aromatic heterocycles. The van der Waals surface area contributed by atoms with E-state index in [0.717, 1.165) is 0 Å². The first-order valence-corrected chi connectivity index (χ1v) is 5.20. The highest BCUT2D eigenvalue weighted by molar-refractivity contribution is 8.01. The number of carboxylic acid groups (broad SMARTS) is 3. The number of aliphatic carboxylic acids is 2. The molecule has 90 valence electrons. The molecule has 1 aromatic rings. The van der Waals surface area contributed by atoms with Crippen molar-refractivity contribution in [3.8, 4) is 0 Å². The highest BCUT2D eigenvalue weighted by atomic mass is 32.2. The van der Waals surface area contributed by atoms with Crippen molar-refractivity contribution in [1.29, 1.82) is 0 Å². The van der Waals surface area contributed by atoms with Gasteiger partial charge in [0.25, 0.3) is 0 Å². The number of carboxylic acids is 3. The standard InChI is InChI=1S/C10H8O6S/c11-8(12)5-3-1-2-4-6(5)17-7(9(13)14)10(15)16/h1-4,7H,(H,11,12)(H,13,14)(H,15,16)/p-3. The maximum absolute atomic E-state index is 10.7. The molecule has 0 saturated carbocycles. The molecular formula is C10H5O6S-3. The molecule has 0 aliphatic rings. The van der Waals surface area contributed by atoms with Crippen molar-refractivity contribution in [2.45, 2.75) is 10.1 Å². The Labute approximate surface area is 99.9 Å². The monoisotopic (exact) mass is 253 g/mol. The predicted octanol–water partition coefficient (Wildman–Crippen LogP) is -2.99. The summed E-state index contributed by atoms with van der Waals surface area (Å²) in [7, 11) is 0. The fraction of sp³-hybridized carbons (Fsp3) is 0.100. The maximum Gasteiger partial charge on any atom is 0.0884 e. The van der Waals surface area contributed by atoms with E-state index in [4.69, 9.17) is 0 Å². The third-order valence-electron chi connectivity index (χ3n) is 1.78. The van der Waals surface area contributed by atoms with Crippen LogP contribution in [-0.2, 0) is 9.59 Å². The fourth-order valence-electron chi connectivity index (χ4n) is 1.06. The molecule has 6 nitrogen and oxygen atoms in total. The molecule has 1 rings (SSSR count). The summed E-state index contributed by atoms with van der Waals surface area (Å²) in [6.07, 6.45) is 0. The van der Waals surface area contributed by atoms with Crippen molar-refractivity contribution in [2.24, 2.45) is 0 Å². The van der Waals surface area contributed by atoms with E-state index in [9.17, 15) is 29.7 Å². The molecule has 0 radical (unpaired) electrons. The number of hydrogen-bond acceptors (Lipinski definition) is 7. The normalized spacial score (nSPS) is 10.2. The Hall–Kier alpha value is -2.02. The van der Waals surface area contributed by atoms with Gasteiger partial charge in [-0.1, -0.05) is 18.2 Å². The molecule has 0 atom stereocenters. The van der Waals surface area contributed by atoms with Gasteiger partial charge in [0.15, 0.2) is 0 Å². The lowest BCUT2D eigenvalue weighted by atomic mass is 10.2. The van der Waals surface area contributed by atoms with Crippen LogP contribution in [0.3, 0.4) is 0 Å². The smallest absolute Gasteiger partial charge is 0.0884 e. The Balaban J connectivity index is 3.05. The molecule has 1 aromatic carbocycles. The van der Waals surface area contributed by atoms with E-state index in [2.05, 4.69) is 0 Å². The van der Waals surface area contributed by atoms with Gasteiger partial charge in [-0.25, -0.2) is 0 Å². The lowest BCUT2D eigenvalue weighted by molar-refractivity contribution is -0.321. The molecule has 17 heavy (non-hydrogen) atoms. The molecule has 0 saturated heterocycles. The maximum atomic E-state index is 10.7. The van der Waals surface area contributed by atoms with Crippen molar-refractivity contribution in [3.63, 3.8) is 0 Å². The van der Waals surface area contributed by atoms with E-state index in [1.165, 1.54) is 24.3 Å². The van der Waals surface area contributed by atoms with Crippen LogP contribution in [0.2, 0.25) is 0 Å². The first-order chi connectivity index (χ1) is 7.93. The minimum atomic E-state index is -1.98. The fourth-order valence-corrected chi connectivity index (χ4v) is 1.94. The number of rotatable bonds is 5. The van der Waals surface area contributed by atoms with Gasteiger partial charge in [-0.05, 0) is 6.07 Å². The summed E-state index contributed by atoms with van der Waals surface area (Å²) in [5.41, 5.74) is -0.287. The number of benzene rings is 1. The lowest BCUT2D eigenvalue weighted by Gasteiger charge is -2.20. The molecule has 0 spiro atoms. The van der Waals surface area contributed by atoms with Crippen LogP contribution in [0.5, 0.6) is 0 Å². The third kappa shape index (κ3) is 3.22. The van der Waals surface area contributed by atoms with Crippen LogP contribution < -0.4 is 15.3 Å². The van der Waals surface area contributed by atoms with Crippen molar-refractivity contribution in [2.75, 3.05) is 0 Å². The summed E-state index contributed by atoms with van der Waals surface area (Å²) >= 11 is 0.315. The Morgan fingerprint density at radius 1 is 1.00 bits per heavy atom. The van der Waals surface area contributed by atoms with Crippen LogP contribution in [0.25, 0.3) is 0 Å². The van der Waals surface area contributed by atoms with Gasteiger partial charge in [-0.3, -0.25) is 0 Å².